The monoisotopic (exact) mass is 266 g/mol. The largest absolute Gasteiger partial charge is 0.391 e. The Kier molecular flexibility index (Phi) is 3.39. The van der Waals surface area contributed by atoms with Crippen molar-refractivity contribution in [3.8, 4) is 6.07 Å². The minimum absolute atomic E-state index is 0.421. The molecule has 0 radical (unpaired) electrons. The van der Waals surface area contributed by atoms with E-state index in [4.69, 9.17) is 5.26 Å². The molecule has 6 heteroatoms. The molecule has 0 aromatic heterocycles. The smallest absolute Gasteiger partial charge is 0.228 e. The van der Waals surface area contributed by atoms with Gasteiger partial charge in [-0.25, -0.2) is 13.1 Å². The first-order valence-corrected chi connectivity index (χ1v) is 7.17. The molecule has 0 fully saturated rings. The predicted molar refractivity (Wildman–Crippen MR) is 66.0 cm³/mol. The zero-order chi connectivity index (χ0) is 13.3. The van der Waals surface area contributed by atoms with Crippen LogP contribution in [0.1, 0.15) is 24.1 Å². The van der Waals surface area contributed by atoms with Gasteiger partial charge in [0.05, 0.1) is 18.2 Å². The predicted octanol–water partition coefficient (Wildman–Crippen LogP) is 0.476. The molecule has 1 aromatic carbocycles. The molecular weight excluding hydrogens is 252 g/mol. The van der Waals surface area contributed by atoms with Gasteiger partial charge in [-0.05, 0) is 18.1 Å². The quantitative estimate of drug-likeness (QED) is 0.832. The number of nitrogens with one attached hydrogen (secondary N) is 1. The van der Waals surface area contributed by atoms with Crippen LogP contribution in [-0.2, 0) is 16.4 Å². The van der Waals surface area contributed by atoms with Crippen LogP contribution in [0.25, 0.3) is 0 Å². The molecule has 0 saturated carbocycles. The van der Waals surface area contributed by atoms with Gasteiger partial charge in [-0.15, -0.1) is 0 Å². The second-order valence-electron chi connectivity index (χ2n) is 4.38. The fraction of sp³-hybridized carbons (Fsp3) is 0.417. The lowest BCUT2D eigenvalue weighted by molar-refractivity contribution is 0.151. The third-order valence-electron chi connectivity index (χ3n) is 3.14. The number of fused-ring (bicyclic) bond motifs is 1. The van der Waals surface area contributed by atoms with Crippen LogP contribution in [0.2, 0.25) is 0 Å². The zero-order valence-corrected chi connectivity index (χ0v) is 10.7. The summed E-state index contributed by atoms with van der Waals surface area (Å²) < 4.78 is 26.1. The average molecular weight is 266 g/mol. The highest BCUT2D eigenvalue weighted by atomic mass is 32.2. The van der Waals surface area contributed by atoms with Gasteiger partial charge in [0.15, 0.2) is 5.25 Å². The SMILES string of the molecule is CC(C#N)S(=O)(=O)NC1c2ccccc2CC1O. The van der Waals surface area contributed by atoms with Crippen LogP contribution in [0.4, 0.5) is 0 Å². The summed E-state index contributed by atoms with van der Waals surface area (Å²) in [6, 6.07) is 8.32. The topological polar surface area (TPSA) is 90.2 Å². The van der Waals surface area contributed by atoms with Crippen molar-refractivity contribution < 1.29 is 13.5 Å². The van der Waals surface area contributed by atoms with Crippen LogP contribution in [0, 0.1) is 11.3 Å². The van der Waals surface area contributed by atoms with Crippen molar-refractivity contribution in [1.29, 1.82) is 5.26 Å². The Labute approximate surface area is 106 Å². The lowest BCUT2D eigenvalue weighted by Crippen LogP contribution is -2.38. The number of nitrogens with zero attached hydrogens (tertiary/aromatic N) is 1. The number of aliphatic hydroxyl groups is 1. The summed E-state index contributed by atoms with van der Waals surface area (Å²) in [6.45, 7) is 1.32. The highest BCUT2D eigenvalue weighted by Gasteiger charge is 2.35. The first-order valence-electron chi connectivity index (χ1n) is 5.62. The molecule has 0 saturated heterocycles. The van der Waals surface area contributed by atoms with E-state index in [2.05, 4.69) is 4.72 Å². The van der Waals surface area contributed by atoms with Crippen LogP contribution >= 0.6 is 0 Å². The van der Waals surface area contributed by atoms with Crippen molar-refractivity contribution in [3.05, 3.63) is 35.4 Å². The first-order chi connectivity index (χ1) is 8.45. The third kappa shape index (κ3) is 2.25. The molecular formula is C12H14N2O3S. The molecule has 3 atom stereocenters. The molecule has 0 bridgehead atoms. The van der Waals surface area contributed by atoms with Crippen molar-refractivity contribution in [2.24, 2.45) is 0 Å². The van der Waals surface area contributed by atoms with E-state index in [1.165, 1.54) is 6.92 Å². The van der Waals surface area contributed by atoms with E-state index in [1.807, 2.05) is 12.1 Å². The van der Waals surface area contributed by atoms with Gasteiger partial charge in [0.25, 0.3) is 0 Å². The van der Waals surface area contributed by atoms with Crippen molar-refractivity contribution >= 4 is 10.0 Å². The summed E-state index contributed by atoms with van der Waals surface area (Å²) in [5, 5.41) is 17.5. The van der Waals surface area contributed by atoms with Crippen molar-refractivity contribution in [3.63, 3.8) is 0 Å². The van der Waals surface area contributed by atoms with E-state index >= 15 is 0 Å². The summed E-state index contributed by atoms with van der Waals surface area (Å²) in [5.41, 5.74) is 1.71. The summed E-state index contributed by atoms with van der Waals surface area (Å²) in [7, 11) is -3.74. The van der Waals surface area contributed by atoms with Crippen molar-refractivity contribution in [2.75, 3.05) is 0 Å². The number of sulfonamides is 1. The summed E-state index contributed by atoms with van der Waals surface area (Å²) in [6.07, 6.45) is -0.368. The summed E-state index contributed by atoms with van der Waals surface area (Å²) >= 11 is 0. The van der Waals surface area contributed by atoms with Gasteiger partial charge in [-0.1, -0.05) is 24.3 Å². The van der Waals surface area contributed by atoms with Gasteiger partial charge in [0, 0.05) is 6.42 Å². The van der Waals surface area contributed by atoms with Gasteiger partial charge < -0.3 is 5.11 Å². The maximum absolute atomic E-state index is 11.8. The Morgan fingerprint density at radius 1 is 1.50 bits per heavy atom. The van der Waals surface area contributed by atoms with Crippen molar-refractivity contribution in [2.45, 2.75) is 30.7 Å². The summed E-state index contributed by atoms with van der Waals surface area (Å²) in [5.74, 6) is 0. The third-order valence-corrected chi connectivity index (χ3v) is 4.76. The molecule has 96 valence electrons. The Morgan fingerprint density at radius 2 is 2.17 bits per heavy atom. The van der Waals surface area contributed by atoms with Crippen LogP contribution in [0.3, 0.4) is 0 Å². The van der Waals surface area contributed by atoms with Crippen LogP contribution in [0.15, 0.2) is 24.3 Å². The highest BCUT2D eigenvalue weighted by molar-refractivity contribution is 7.90. The Morgan fingerprint density at radius 3 is 2.83 bits per heavy atom. The van der Waals surface area contributed by atoms with E-state index in [1.54, 1.807) is 18.2 Å². The molecule has 0 heterocycles. The number of nitriles is 1. The Hall–Kier alpha value is -1.42. The van der Waals surface area contributed by atoms with Crippen LogP contribution < -0.4 is 4.72 Å². The number of hydrogen-bond acceptors (Lipinski definition) is 4. The van der Waals surface area contributed by atoms with Crippen LogP contribution in [-0.4, -0.2) is 24.9 Å². The molecule has 1 aliphatic carbocycles. The van der Waals surface area contributed by atoms with Gasteiger partial charge in [-0.2, -0.15) is 5.26 Å². The maximum atomic E-state index is 11.8. The van der Waals surface area contributed by atoms with E-state index in [0.29, 0.717) is 6.42 Å². The molecule has 1 aromatic rings. The standard InChI is InChI=1S/C12H14N2O3S/c1-8(7-13)18(16,17)14-12-10-5-3-2-4-9(10)6-11(12)15/h2-5,8,11-12,14-15H,6H2,1H3. The first kappa shape index (κ1) is 13.0. The van der Waals surface area contributed by atoms with Gasteiger partial charge in [-0.3, -0.25) is 0 Å². The number of aliphatic hydroxyl groups excluding tert-OH is 1. The zero-order valence-electron chi connectivity index (χ0n) is 9.87. The number of benzene rings is 1. The number of hydrogen-bond donors (Lipinski definition) is 2. The van der Waals surface area contributed by atoms with E-state index in [-0.39, 0.29) is 0 Å². The fourth-order valence-corrected chi connectivity index (χ4v) is 3.05. The van der Waals surface area contributed by atoms with Gasteiger partial charge >= 0.3 is 0 Å². The van der Waals surface area contributed by atoms with Gasteiger partial charge in [0.1, 0.15) is 0 Å². The second kappa shape index (κ2) is 4.69. The molecule has 2 N–H and O–H groups in total. The van der Waals surface area contributed by atoms with Crippen LogP contribution in [0.5, 0.6) is 0 Å². The highest BCUT2D eigenvalue weighted by Crippen LogP contribution is 2.31. The molecule has 3 unspecified atom stereocenters. The van der Waals surface area contributed by atoms with Crippen molar-refractivity contribution in [1.82, 2.24) is 4.72 Å². The lowest BCUT2D eigenvalue weighted by atomic mass is 10.1. The van der Waals surface area contributed by atoms with E-state index in [0.717, 1.165) is 11.1 Å². The molecule has 0 aliphatic heterocycles. The lowest BCUT2D eigenvalue weighted by Gasteiger charge is -2.18. The number of rotatable bonds is 3. The molecule has 1 aliphatic rings. The Balaban J connectivity index is 2.29. The summed E-state index contributed by atoms with van der Waals surface area (Å²) in [4.78, 5) is 0. The van der Waals surface area contributed by atoms with E-state index in [9.17, 15) is 13.5 Å². The molecule has 2 rings (SSSR count). The second-order valence-corrected chi connectivity index (χ2v) is 6.41. The minimum Gasteiger partial charge on any atom is -0.391 e. The fourth-order valence-electron chi connectivity index (χ4n) is 2.06. The molecule has 5 nitrogen and oxygen atoms in total. The Bertz CT molecular complexity index is 592. The molecule has 18 heavy (non-hydrogen) atoms. The van der Waals surface area contributed by atoms with E-state index < -0.39 is 27.4 Å². The average Bonchev–Trinajstić information content (AvgIpc) is 2.65. The molecule has 0 amide bonds. The van der Waals surface area contributed by atoms with Gasteiger partial charge in [0.2, 0.25) is 10.0 Å². The normalized spacial score (nSPS) is 24.3. The molecule has 0 spiro atoms. The maximum Gasteiger partial charge on any atom is 0.228 e. The minimum atomic E-state index is -3.74.